The van der Waals surface area contributed by atoms with Crippen molar-refractivity contribution in [2.24, 2.45) is 5.73 Å². The van der Waals surface area contributed by atoms with Gasteiger partial charge in [0.15, 0.2) is 5.78 Å². The quantitative estimate of drug-likeness (QED) is 0.679. The molecule has 0 bridgehead atoms. The normalized spacial score (nSPS) is 18.4. The Kier molecular flexibility index (Phi) is 5.96. The molecule has 0 radical (unpaired) electrons. The van der Waals surface area contributed by atoms with Crippen LogP contribution in [-0.2, 0) is 4.79 Å². The number of rotatable bonds is 3. The number of nitriles is 1. The average molecular weight is 467 g/mol. The number of carbonyl (C=O) groups is 2. The molecule has 3 N–H and O–H groups in total. The molecule has 1 atom stereocenters. The molecule has 2 aromatic rings. The van der Waals surface area contributed by atoms with Gasteiger partial charge in [0.2, 0.25) is 0 Å². The summed E-state index contributed by atoms with van der Waals surface area (Å²) >= 11 is 12.7. The number of amides is 1. The van der Waals surface area contributed by atoms with Crippen LogP contribution >= 0.6 is 23.2 Å². The van der Waals surface area contributed by atoms with Crippen molar-refractivity contribution in [2.45, 2.75) is 32.1 Å². The monoisotopic (exact) mass is 466 g/mol. The topological polar surface area (TPSA) is 99.2 Å². The molecule has 0 fully saturated rings. The van der Waals surface area contributed by atoms with Gasteiger partial charge >= 0.3 is 0 Å². The fourth-order valence-corrected chi connectivity index (χ4v) is 4.56. The van der Waals surface area contributed by atoms with Crippen LogP contribution in [-0.4, -0.2) is 16.7 Å². The van der Waals surface area contributed by atoms with Crippen LogP contribution in [0.1, 0.15) is 46.7 Å². The van der Waals surface area contributed by atoms with E-state index in [0.717, 1.165) is 5.56 Å². The molecule has 0 saturated heterocycles. The fraction of sp³-hybridized carbons (Fsp3) is 0.208. The van der Waals surface area contributed by atoms with E-state index in [-0.39, 0.29) is 22.2 Å². The maximum Gasteiger partial charge on any atom is 0.270 e. The molecule has 0 spiro atoms. The van der Waals surface area contributed by atoms with E-state index >= 15 is 0 Å². The molecule has 4 rings (SSSR count). The Bertz CT molecular complexity index is 1230. The summed E-state index contributed by atoms with van der Waals surface area (Å²) in [6.45, 7) is 1.93. The molecule has 1 aliphatic carbocycles. The summed E-state index contributed by atoms with van der Waals surface area (Å²) in [7, 11) is 0. The number of nitrogens with zero attached hydrogens (tertiary/aromatic N) is 2. The summed E-state index contributed by atoms with van der Waals surface area (Å²) in [6.07, 6.45) is 1.47. The summed E-state index contributed by atoms with van der Waals surface area (Å²) in [5, 5.41) is 12.0. The van der Waals surface area contributed by atoms with Crippen molar-refractivity contribution in [1.29, 1.82) is 5.26 Å². The van der Waals surface area contributed by atoms with E-state index < -0.39 is 11.8 Å². The van der Waals surface area contributed by atoms with Crippen molar-refractivity contribution in [2.75, 3.05) is 0 Å². The van der Waals surface area contributed by atoms with Crippen molar-refractivity contribution >= 4 is 34.9 Å². The first-order valence-corrected chi connectivity index (χ1v) is 10.9. The lowest BCUT2D eigenvalue weighted by Crippen LogP contribution is -2.48. The van der Waals surface area contributed by atoms with Crippen molar-refractivity contribution in [3.63, 3.8) is 0 Å². The van der Waals surface area contributed by atoms with Crippen molar-refractivity contribution in [3.05, 3.63) is 91.9 Å². The number of hydrogen-bond donors (Lipinski definition) is 2. The van der Waals surface area contributed by atoms with E-state index in [9.17, 15) is 14.9 Å². The summed E-state index contributed by atoms with van der Waals surface area (Å²) in [6, 6.07) is 14.3. The van der Waals surface area contributed by atoms with E-state index in [1.807, 2.05) is 19.1 Å². The number of nitrogens with one attached hydrogen (secondary N) is 1. The Morgan fingerprint density at radius 2 is 1.91 bits per heavy atom. The molecular formula is C24H20Cl2N4O2. The standard InChI is InChI=1S/C24H20Cl2N4O2/c1-13-8-10-14(11-9-13)24(32)29-30-18-6-3-7-19(31)21(18)20(16(12-27)23(30)28)15-4-2-5-17(25)22(15)26/h2,4-5,8-11,20H,3,6-7,28H2,1H3,(H,29,32). The molecule has 1 amide bonds. The molecule has 162 valence electrons. The highest BCUT2D eigenvalue weighted by Crippen LogP contribution is 2.46. The highest BCUT2D eigenvalue weighted by molar-refractivity contribution is 6.42. The lowest BCUT2D eigenvalue weighted by atomic mass is 9.76. The van der Waals surface area contributed by atoms with Crippen molar-refractivity contribution < 1.29 is 9.59 Å². The second kappa shape index (κ2) is 8.70. The number of hydrazine groups is 1. The number of aryl methyl sites for hydroxylation is 1. The molecule has 8 heteroatoms. The zero-order valence-corrected chi connectivity index (χ0v) is 18.8. The summed E-state index contributed by atoms with van der Waals surface area (Å²) < 4.78 is 0. The smallest absolute Gasteiger partial charge is 0.270 e. The Morgan fingerprint density at radius 1 is 1.19 bits per heavy atom. The van der Waals surface area contributed by atoms with Crippen molar-refractivity contribution in [1.82, 2.24) is 10.4 Å². The highest BCUT2D eigenvalue weighted by Gasteiger charge is 2.41. The van der Waals surface area contributed by atoms with E-state index in [1.165, 1.54) is 5.01 Å². The Balaban J connectivity index is 1.84. The van der Waals surface area contributed by atoms with E-state index in [0.29, 0.717) is 46.7 Å². The maximum absolute atomic E-state index is 13.1. The first-order valence-electron chi connectivity index (χ1n) is 10.1. The minimum absolute atomic E-state index is 0.0578. The minimum atomic E-state index is -0.749. The summed E-state index contributed by atoms with van der Waals surface area (Å²) in [5.41, 5.74) is 12.3. The van der Waals surface area contributed by atoms with Gasteiger partial charge in [0.25, 0.3) is 5.91 Å². The third-order valence-corrected chi connectivity index (χ3v) is 6.57. The van der Waals surface area contributed by atoms with Gasteiger partial charge in [-0.2, -0.15) is 5.26 Å². The van der Waals surface area contributed by atoms with Crippen LogP contribution in [0.2, 0.25) is 10.0 Å². The van der Waals surface area contributed by atoms with Crippen molar-refractivity contribution in [3.8, 4) is 6.07 Å². The molecule has 0 aromatic heterocycles. The number of ketones is 1. The van der Waals surface area contributed by atoms with Gasteiger partial charge in [-0.25, -0.2) is 5.01 Å². The van der Waals surface area contributed by atoms with Gasteiger partial charge in [0.05, 0.1) is 27.6 Å². The van der Waals surface area contributed by atoms with Crippen LogP contribution < -0.4 is 11.2 Å². The van der Waals surface area contributed by atoms with E-state index in [4.69, 9.17) is 28.9 Å². The molecule has 2 aliphatic rings. The SMILES string of the molecule is Cc1ccc(C(=O)NN2C(N)=C(C#N)C(c3cccc(Cl)c3Cl)C3=C2CCCC3=O)cc1. The molecule has 1 unspecified atom stereocenters. The second-order valence-electron chi connectivity index (χ2n) is 7.77. The zero-order chi connectivity index (χ0) is 23.0. The number of Topliss-reactive ketones (excluding diaryl/α,β-unsaturated/α-hetero) is 1. The van der Waals surface area contributed by atoms with Crippen LogP contribution in [0.15, 0.2) is 65.1 Å². The number of benzene rings is 2. The predicted octanol–water partition coefficient (Wildman–Crippen LogP) is 4.75. The Labute approximate surface area is 195 Å². The van der Waals surface area contributed by atoms with Gasteiger partial charge in [0.1, 0.15) is 5.82 Å². The van der Waals surface area contributed by atoms with Gasteiger partial charge in [-0.15, -0.1) is 0 Å². The van der Waals surface area contributed by atoms with E-state index in [1.54, 1.807) is 30.3 Å². The molecule has 32 heavy (non-hydrogen) atoms. The largest absolute Gasteiger partial charge is 0.383 e. The van der Waals surface area contributed by atoms with Crippen LogP contribution in [0, 0.1) is 18.3 Å². The summed E-state index contributed by atoms with van der Waals surface area (Å²) in [5.74, 6) is -1.19. The van der Waals surface area contributed by atoms with Crippen LogP contribution in [0.25, 0.3) is 0 Å². The number of carbonyl (C=O) groups excluding carboxylic acids is 2. The third kappa shape index (κ3) is 3.75. The predicted molar refractivity (Wildman–Crippen MR) is 122 cm³/mol. The molecule has 2 aromatic carbocycles. The van der Waals surface area contributed by atoms with Gasteiger partial charge in [-0.3, -0.25) is 15.0 Å². The maximum atomic E-state index is 13.1. The zero-order valence-electron chi connectivity index (χ0n) is 17.3. The fourth-order valence-electron chi connectivity index (χ4n) is 4.14. The Hall–Kier alpha value is -3.27. The van der Waals surface area contributed by atoms with Gasteiger partial charge < -0.3 is 5.73 Å². The minimum Gasteiger partial charge on any atom is -0.383 e. The molecule has 0 saturated carbocycles. The molecule has 6 nitrogen and oxygen atoms in total. The van der Waals surface area contributed by atoms with Crippen LogP contribution in [0.3, 0.4) is 0 Å². The lowest BCUT2D eigenvalue weighted by molar-refractivity contribution is -0.116. The third-order valence-electron chi connectivity index (χ3n) is 5.73. The molecule has 1 aliphatic heterocycles. The van der Waals surface area contributed by atoms with Gasteiger partial charge in [-0.05, 0) is 43.5 Å². The number of halogens is 2. The number of hydrogen-bond acceptors (Lipinski definition) is 5. The van der Waals surface area contributed by atoms with Crippen LogP contribution in [0.4, 0.5) is 0 Å². The average Bonchev–Trinajstić information content (AvgIpc) is 2.78. The van der Waals surface area contributed by atoms with E-state index in [2.05, 4.69) is 11.5 Å². The molecular weight excluding hydrogens is 447 g/mol. The summed E-state index contributed by atoms with van der Waals surface area (Å²) in [4.78, 5) is 26.0. The molecule has 1 heterocycles. The number of nitrogens with two attached hydrogens (primary N) is 1. The first-order chi connectivity index (χ1) is 15.3. The van der Waals surface area contributed by atoms with Gasteiger partial charge in [0, 0.05) is 23.3 Å². The highest BCUT2D eigenvalue weighted by atomic mass is 35.5. The lowest BCUT2D eigenvalue weighted by Gasteiger charge is -2.39. The Morgan fingerprint density at radius 3 is 2.59 bits per heavy atom. The number of allylic oxidation sites excluding steroid dienone is 3. The second-order valence-corrected chi connectivity index (χ2v) is 8.55. The van der Waals surface area contributed by atoms with Crippen LogP contribution in [0.5, 0.6) is 0 Å². The van der Waals surface area contributed by atoms with Gasteiger partial charge in [-0.1, -0.05) is 53.0 Å². The first kappa shape index (κ1) is 21.9.